The van der Waals surface area contributed by atoms with Crippen LogP contribution in [0.3, 0.4) is 0 Å². The van der Waals surface area contributed by atoms with Crippen molar-refractivity contribution in [3.05, 3.63) is 83.4 Å². The molecular formula is C33H32NNaO14S. The Balaban J connectivity index is 0.00000562. The zero-order valence-corrected chi connectivity index (χ0v) is 30.2. The number of carbonyl (C=O) groups excluding carboxylic acids is 4. The van der Waals surface area contributed by atoms with E-state index in [9.17, 15) is 53.1 Å². The number of nitrogens with two attached hydrogens (primary N) is 1. The molecule has 1 fully saturated rings. The minimum absolute atomic E-state index is 0. The predicted octanol–water partition coefficient (Wildman–Crippen LogP) is -3.11. The number of Topliss-reactive ketones (excluding diaryl/α,β-unsaturated/α-hetero) is 4. The van der Waals surface area contributed by atoms with Crippen LogP contribution in [-0.2, 0) is 43.8 Å². The molecule has 3 aromatic carbocycles. The predicted molar refractivity (Wildman–Crippen MR) is 164 cm³/mol. The summed E-state index contributed by atoms with van der Waals surface area (Å²) < 4.78 is 45.3. The second kappa shape index (κ2) is 13.2. The Labute approximate surface area is 308 Å². The van der Waals surface area contributed by atoms with E-state index in [-0.39, 0.29) is 57.7 Å². The Kier molecular flexibility index (Phi) is 10.4. The van der Waals surface area contributed by atoms with Crippen molar-refractivity contribution in [2.45, 2.75) is 73.4 Å². The van der Waals surface area contributed by atoms with Crippen molar-refractivity contribution in [1.82, 2.24) is 0 Å². The van der Waals surface area contributed by atoms with E-state index in [4.69, 9.17) is 19.4 Å². The summed E-state index contributed by atoms with van der Waals surface area (Å²) in [5.74, 6) is -6.32. The normalized spacial score (nSPS) is 28.4. The molecule has 2 aliphatic rings. The van der Waals surface area contributed by atoms with E-state index in [1.54, 1.807) is 0 Å². The molecule has 17 heteroatoms. The summed E-state index contributed by atoms with van der Waals surface area (Å²) in [5, 5.41) is 54.4. The molecule has 3 aromatic rings. The average Bonchev–Trinajstić information content (AvgIpc) is 3.29. The van der Waals surface area contributed by atoms with E-state index < -0.39 is 84.7 Å². The third-order valence-electron chi connectivity index (χ3n) is 9.09. The number of rotatable bonds is 9. The number of phenols is 2. The fourth-order valence-corrected chi connectivity index (χ4v) is 8.01. The molecule has 0 amide bonds. The summed E-state index contributed by atoms with van der Waals surface area (Å²) in [5.41, 5.74) is -5.65. The first-order valence-corrected chi connectivity index (χ1v) is 16.0. The first-order valence-electron chi connectivity index (χ1n) is 14.6. The first-order chi connectivity index (χ1) is 22.7. The van der Waals surface area contributed by atoms with Crippen molar-refractivity contribution in [3.63, 3.8) is 0 Å². The van der Waals surface area contributed by atoms with Crippen LogP contribution < -0.4 is 40.0 Å². The van der Waals surface area contributed by atoms with Gasteiger partial charge in [0.25, 0.3) is 10.1 Å². The van der Waals surface area contributed by atoms with Crippen LogP contribution in [0.25, 0.3) is 0 Å². The summed E-state index contributed by atoms with van der Waals surface area (Å²) in [4.78, 5) is 51.1. The van der Waals surface area contributed by atoms with Crippen LogP contribution in [0.15, 0.2) is 65.6 Å². The van der Waals surface area contributed by atoms with Gasteiger partial charge in [-0.2, -0.15) is 12.1 Å². The maximum Gasteiger partial charge on any atom is 1.00 e. The standard InChI is InChI=1S/C33H32NO14S.Na/c1-16(35)26(41)28-32(42,18(3)37)33(43,19(4)38)31(34,17(2)36)29(47-28)46-25-7-5-6-24-27(25)49(44,45)48-30(24,20-8-12-22(39)13-9-20)21-10-14-23(40)15-11-21;/h5-6,8-15,26,28-29,39-43H,34H2,1-4H3;/q-1;+1/t26?,28-,29-,31+,32-,33-;/m1./s1. The van der Waals surface area contributed by atoms with Crippen molar-refractivity contribution < 1.29 is 96.3 Å². The molecule has 260 valence electrons. The van der Waals surface area contributed by atoms with E-state index in [2.05, 4.69) is 6.07 Å². The average molecular weight is 722 g/mol. The van der Waals surface area contributed by atoms with Crippen molar-refractivity contribution in [1.29, 1.82) is 0 Å². The number of fused-ring (bicyclic) bond motifs is 1. The number of ketones is 4. The van der Waals surface area contributed by atoms with Gasteiger partial charge in [0.1, 0.15) is 29.3 Å². The monoisotopic (exact) mass is 721 g/mol. The molecular weight excluding hydrogens is 689 g/mol. The number of carbonyl (C=O) groups is 4. The van der Waals surface area contributed by atoms with Gasteiger partial charge in [-0.15, -0.1) is 6.07 Å². The van der Waals surface area contributed by atoms with Crippen LogP contribution in [0.5, 0.6) is 17.2 Å². The summed E-state index contributed by atoms with van der Waals surface area (Å²) in [6.45, 7) is 3.01. The van der Waals surface area contributed by atoms with Gasteiger partial charge in [0, 0.05) is 10.6 Å². The van der Waals surface area contributed by atoms with Crippen LogP contribution in [0, 0.1) is 6.07 Å². The number of hydrogen-bond acceptors (Lipinski definition) is 15. The van der Waals surface area contributed by atoms with Gasteiger partial charge >= 0.3 is 29.6 Å². The summed E-state index contributed by atoms with van der Waals surface area (Å²) >= 11 is 0. The summed E-state index contributed by atoms with van der Waals surface area (Å²) in [6.07, 6.45) is -7.36. The number of aliphatic hydroxyl groups excluding tert-OH is 1. The van der Waals surface area contributed by atoms with Crippen LogP contribution in [-0.4, -0.2) is 92.3 Å². The molecule has 0 aliphatic carbocycles. The fourth-order valence-electron chi connectivity index (χ4n) is 6.50. The molecule has 7 N–H and O–H groups in total. The Morgan fingerprint density at radius 2 is 1.36 bits per heavy atom. The molecule has 2 heterocycles. The van der Waals surface area contributed by atoms with Gasteiger partial charge in [-0.1, -0.05) is 29.8 Å². The largest absolute Gasteiger partial charge is 1.00 e. The Bertz CT molecular complexity index is 1940. The maximum atomic E-state index is 14.0. The minimum Gasteiger partial charge on any atom is -0.508 e. The number of phenolic OH excluding ortho intramolecular Hbond substituents is 2. The number of hydrogen-bond donors (Lipinski definition) is 6. The summed E-state index contributed by atoms with van der Waals surface area (Å²) in [6, 6.07) is 15.7. The molecule has 50 heavy (non-hydrogen) atoms. The van der Waals surface area contributed by atoms with Gasteiger partial charge in [0.05, 0.1) is 0 Å². The topological polar surface area (TPSA) is 257 Å². The molecule has 15 nitrogen and oxygen atoms in total. The van der Waals surface area contributed by atoms with Gasteiger partial charge in [-0.05, 0) is 63.1 Å². The van der Waals surface area contributed by atoms with Gasteiger partial charge in [-0.25, -0.2) is 8.42 Å². The minimum atomic E-state index is -4.89. The third-order valence-corrected chi connectivity index (χ3v) is 10.5. The first kappa shape index (κ1) is 39.2. The van der Waals surface area contributed by atoms with E-state index in [1.165, 1.54) is 60.7 Å². The van der Waals surface area contributed by atoms with Crippen molar-refractivity contribution in [2.24, 2.45) is 5.73 Å². The van der Waals surface area contributed by atoms with Gasteiger partial charge < -0.3 is 40.7 Å². The Morgan fingerprint density at radius 3 is 1.78 bits per heavy atom. The van der Waals surface area contributed by atoms with E-state index in [1.807, 2.05) is 0 Å². The van der Waals surface area contributed by atoms with Crippen molar-refractivity contribution >= 4 is 33.3 Å². The molecule has 1 unspecified atom stereocenters. The van der Waals surface area contributed by atoms with Crippen LogP contribution >= 0.6 is 0 Å². The molecule has 6 atom stereocenters. The summed E-state index contributed by atoms with van der Waals surface area (Å²) in [7, 11) is -4.89. The number of benzene rings is 3. The van der Waals surface area contributed by atoms with Gasteiger partial charge in [-0.3, -0.25) is 23.4 Å². The maximum absolute atomic E-state index is 14.0. The number of aliphatic hydroxyl groups is 3. The quantitative estimate of drug-likeness (QED) is 0.0727. The molecule has 2 aliphatic heterocycles. The molecule has 0 saturated carbocycles. The molecule has 0 spiro atoms. The second-order valence-corrected chi connectivity index (χ2v) is 13.4. The molecule has 5 rings (SSSR count). The number of aromatic hydroxyl groups is 2. The Hall–Kier alpha value is -3.55. The zero-order valence-electron chi connectivity index (χ0n) is 27.4. The zero-order chi connectivity index (χ0) is 36.5. The smallest absolute Gasteiger partial charge is 0.508 e. The van der Waals surface area contributed by atoms with Crippen LogP contribution in [0.1, 0.15) is 44.4 Å². The van der Waals surface area contributed by atoms with E-state index >= 15 is 0 Å². The Morgan fingerprint density at radius 1 is 0.860 bits per heavy atom. The van der Waals surface area contributed by atoms with Gasteiger partial charge in [0.15, 0.2) is 39.9 Å². The van der Waals surface area contributed by atoms with Crippen molar-refractivity contribution in [3.8, 4) is 17.2 Å². The third kappa shape index (κ3) is 5.42. The van der Waals surface area contributed by atoms with Crippen molar-refractivity contribution in [2.75, 3.05) is 0 Å². The van der Waals surface area contributed by atoms with E-state index in [0.29, 0.717) is 13.8 Å². The fraction of sp³-hybridized carbons (Fsp3) is 0.333. The van der Waals surface area contributed by atoms with Crippen LogP contribution in [0.4, 0.5) is 0 Å². The molecule has 1 saturated heterocycles. The molecule has 0 aromatic heterocycles. The molecule has 0 bridgehead atoms. The second-order valence-electron chi connectivity index (χ2n) is 11.9. The SMILES string of the molecule is CC(=O)C(O)[C@H]1O[C@@H](Oc2[c-]ccc3c2S(=O)(=O)OC3(c2ccc(O)cc2)c2ccc(O)cc2)[C@@](N)(C(C)=O)[C@](O)(C(C)=O)[C@@]1(O)C(C)=O.[Na+]. The molecule has 0 radical (unpaired) electrons. The van der Waals surface area contributed by atoms with Crippen LogP contribution in [0.2, 0.25) is 0 Å². The van der Waals surface area contributed by atoms with E-state index in [0.717, 1.165) is 13.8 Å². The number of ether oxygens (including phenoxy) is 2. The van der Waals surface area contributed by atoms with Gasteiger partial charge in [0.2, 0.25) is 6.29 Å².